The zero-order valence-electron chi connectivity index (χ0n) is 19.8. The molecule has 0 aromatic heterocycles. The fraction of sp³-hybridized carbons (Fsp3) is 0.0714. The number of halogens is 9. The van der Waals surface area contributed by atoms with Crippen molar-refractivity contribution in [2.75, 3.05) is 14.2 Å². The number of hydrogen-bond donors (Lipinski definition) is 0. The van der Waals surface area contributed by atoms with Gasteiger partial charge in [0, 0.05) is 23.3 Å². The van der Waals surface area contributed by atoms with Gasteiger partial charge in [-0.05, 0) is 45.8 Å². The van der Waals surface area contributed by atoms with Crippen LogP contribution in [0.1, 0.15) is 0 Å². The van der Waals surface area contributed by atoms with E-state index in [2.05, 4.69) is 4.74 Å². The van der Waals surface area contributed by atoms with E-state index in [1.165, 1.54) is 0 Å². The molecule has 0 radical (unpaired) electrons. The first kappa shape index (κ1) is 26.2. The van der Waals surface area contributed by atoms with E-state index in [0.29, 0.717) is 18.2 Å². The average molecular weight is 552 g/mol. The van der Waals surface area contributed by atoms with Gasteiger partial charge in [-0.2, -0.15) is 8.78 Å². The minimum atomic E-state index is -1.99. The van der Waals surface area contributed by atoms with Crippen molar-refractivity contribution in [1.82, 2.24) is 0 Å². The number of hydrogen-bond acceptors (Lipinski definition) is 2. The minimum absolute atomic E-state index is 0.226. The molecule has 39 heavy (non-hydrogen) atoms. The Morgan fingerprint density at radius 3 is 1.41 bits per heavy atom. The molecule has 0 bridgehead atoms. The molecule has 2 nitrogen and oxygen atoms in total. The summed E-state index contributed by atoms with van der Waals surface area (Å²) in [5, 5.41) is -1.94. The summed E-state index contributed by atoms with van der Waals surface area (Å²) in [5.74, 6) is -16.1. The van der Waals surface area contributed by atoms with E-state index in [9.17, 15) is 22.0 Å². The van der Waals surface area contributed by atoms with E-state index in [1.807, 2.05) is 0 Å². The lowest BCUT2D eigenvalue weighted by molar-refractivity contribution is 0.334. The van der Waals surface area contributed by atoms with Crippen LogP contribution in [-0.4, -0.2) is 14.2 Å². The summed E-state index contributed by atoms with van der Waals surface area (Å²) in [6.07, 6.45) is 0. The molecule has 5 aromatic carbocycles. The topological polar surface area (TPSA) is 18.5 Å². The molecule has 200 valence electrons. The Hall–Kier alpha value is -4.41. The van der Waals surface area contributed by atoms with Crippen molar-refractivity contribution < 1.29 is 49.0 Å². The number of methoxy groups -OCH3 is 2. The van der Waals surface area contributed by atoms with Crippen molar-refractivity contribution in [2.24, 2.45) is 0 Å². The quantitative estimate of drug-likeness (QED) is 0.126. The van der Waals surface area contributed by atoms with Gasteiger partial charge in [0.05, 0.1) is 25.3 Å². The predicted octanol–water partition coefficient (Wildman–Crippen LogP) is 8.60. The normalized spacial score (nSPS) is 11.5. The Balaban J connectivity index is 2.09. The van der Waals surface area contributed by atoms with Crippen molar-refractivity contribution in [3.63, 3.8) is 0 Å². The Morgan fingerprint density at radius 1 is 0.436 bits per heavy atom. The molecule has 0 fully saturated rings. The fourth-order valence-electron chi connectivity index (χ4n) is 4.65. The van der Waals surface area contributed by atoms with Gasteiger partial charge in [-0.25, -0.2) is 30.7 Å². The number of ether oxygens (including phenoxy) is 2. The maximum absolute atomic E-state index is 15.3. The first-order valence-corrected chi connectivity index (χ1v) is 11.0. The summed E-state index contributed by atoms with van der Waals surface area (Å²) in [5.41, 5.74) is -3.44. The van der Waals surface area contributed by atoms with E-state index >= 15 is 17.6 Å². The van der Waals surface area contributed by atoms with E-state index in [0.717, 1.165) is 38.5 Å². The predicted molar refractivity (Wildman–Crippen MR) is 125 cm³/mol. The van der Waals surface area contributed by atoms with Gasteiger partial charge in [0.2, 0.25) is 11.6 Å². The molecule has 5 aromatic rings. The molecule has 0 saturated carbocycles. The van der Waals surface area contributed by atoms with Crippen LogP contribution in [0.2, 0.25) is 0 Å². The van der Waals surface area contributed by atoms with Gasteiger partial charge in [0.25, 0.3) is 0 Å². The first-order valence-electron chi connectivity index (χ1n) is 11.0. The molecule has 0 heterocycles. The third-order valence-electron chi connectivity index (χ3n) is 6.30. The van der Waals surface area contributed by atoms with Gasteiger partial charge in [0.1, 0.15) is 23.2 Å². The summed E-state index contributed by atoms with van der Waals surface area (Å²) in [7, 11) is 1.90. The van der Waals surface area contributed by atoms with Gasteiger partial charge < -0.3 is 9.47 Å². The van der Waals surface area contributed by atoms with Crippen LogP contribution < -0.4 is 9.47 Å². The molecule has 11 heteroatoms. The fourth-order valence-corrected chi connectivity index (χ4v) is 4.65. The molecule has 0 saturated heterocycles. The minimum Gasteiger partial charge on any atom is -0.497 e. The van der Waals surface area contributed by atoms with Crippen LogP contribution in [0.5, 0.6) is 11.5 Å². The zero-order chi connectivity index (χ0) is 28.3. The summed E-state index contributed by atoms with van der Waals surface area (Å²) in [6.45, 7) is 0. The highest BCUT2D eigenvalue weighted by Gasteiger charge is 2.31. The van der Waals surface area contributed by atoms with E-state index < -0.39 is 96.5 Å². The van der Waals surface area contributed by atoms with E-state index in [1.54, 1.807) is 0 Å². The molecule has 0 aliphatic carbocycles. The summed E-state index contributed by atoms with van der Waals surface area (Å²) in [4.78, 5) is 0. The van der Waals surface area contributed by atoms with E-state index in [4.69, 9.17) is 4.74 Å². The monoisotopic (exact) mass is 552 g/mol. The summed E-state index contributed by atoms with van der Waals surface area (Å²) in [6, 6.07) is 4.99. The molecule has 0 atom stereocenters. The SMILES string of the molecule is COc1cc(F)c(-c2c3ccc(F)cc3c(-c3c(F)c(F)c(OC)c(F)c3F)c3cc(F)c(F)cc23)c(F)c1. The molecule has 0 N–H and O–H groups in total. The van der Waals surface area contributed by atoms with Gasteiger partial charge in [-0.3, -0.25) is 0 Å². The number of rotatable bonds is 4. The van der Waals surface area contributed by atoms with Crippen molar-refractivity contribution in [3.05, 3.63) is 94.8 Å². The summed E-state index contributed by atoms with van der Waals surface area (Å²) < 4.78 is 143. The summed E-state index contributed by atoms with van der Waals surface area (Å²) >= 11 is 0. The molecule has 0 aliphatic rings. The van der Waals surface area contributed by atoms with Gasteiger partial charge >= 0.3 is 0 Å². The Morgan fingerprint density at radius 2 is 0.923 bits per heavy atom. The Bertz CT molecular complexity index is 1780. The average Bonchev–Trinajstić information content (AvgIpc) is 2.89. The van der Waals surface area contributed by atoms with Crippen LogP contribution >= 0.6 is 0 Å². The van der Waals surface area contributed by atoms with E-state index in [-0.39, 0.29) is 11.1 Å². The molecular formula is C28H13F9O2. The van der Waals surface area contributed by atoms with Gasteiger partial charge in [-0.15, -0.1) is 0 Å². The Labute approximate surface area is 213 Å². The van der Waals surface area contributed by atoms with Crippen LogP contribution in [0.4, 0.5) is 39.5 Å². The molecule has 0 amide bonds. The highest BCUT2D eigenvalue weighted by Crippen LogP contribution is 2.48. The lowest BCUT2D eigenvalue weighted by Gasteiger charge is -2.20. The van der Waals surface area contributed by atoms with Gasteiger partial charge in [0.15, 0.2) is 29.0 Å². The number of benzene rings is 5. The third-order valence-corrected chi connectivity index (χ3v) is 6.30. The molecule has 5 rings (SSSR count). The first-order chi connectivity index (χ1) is 18.5. The van der Waals surface area contributed by atoms with Crippen LogP contribution in [0.15, 0.2) is 42.5 Å². The largest absolute Gasteiger partial charge is 0.497 e. The molecular weight excluding hydrogens is 539 g/mol. The second-order valence-corrected chi connectivity index (χ2v) is 8.38. The second kappa shape index (κ2) is 9.40. The zero-order valence-corrected chi connectivity index (χ0v) is 19.8. The van der Waals surface area contributed by atoms with Crippen LogP contribution in [-0.2, 0) is 0 Å². The van der Waals surface area contributed by atoms with Crippen molar-refractivity contribution >= 4 is 21.5 Å². The lowest BCUT2D eigenvalue weighted by atomic mass is 9.85. The lowest BCUT2D eigenvalue weighted by Crippen LogP contribution is -2.05. The molecule has 0 unspecified atom stereocenters. The molecule has 0 spiro atoms. The van der Waals surface area contributed by atoms with Crippen LogP contribution in [0.3, 0.4) is 0 Å². The van der Waals surface area contributed by atoms with Crippen molar-refractivity contribution in [2.45, 2.75) is 0 Å². The standard InChI is InChI=1S/C28H13F9O2/c1-38-11-6-18(32)22(19(33)7-11)20-12-4-3-10(29)5-13(12)21(15-9-17(31)16(30)8-14(15)20)23-24(34)26(36)28(39-2)27(37)25(23)35/h3-9H,1-2H3. The van der Waals surface area contributed by atoms with Crippen LogP contribution in [0.25, 0.3) is 43.8 Å². The highest BCUT2D eigenvalue weighted by molar-refractivity contribution is 6.21. The molecule has 0 aliphatic heterocycles. The maximum atomic E-state index is 15.3. The number of fused-ring (bicyclic) bond motifs is 2. The van der Waals surface area contributed by atoms with Crippen molar-refractivity contribution in [3.8, 4) is 33.8 Å². The maximum Gasteiger partial charge on any atom is 0.204 e. The van der Waals surface area contributed by atoms with Crippen molar-refractivity contribution in [1.29, 1.82) is 0 Å². The third kappa shape index (κ3) is 3.91. The Kier molecular flexibility index (Phi) is 6.32. The highest BCUT2D eigenvalue weighted by atomic mass is 19.2. The van der Waals surface area contributed by atoms with Gasteiger partial charge in [-0.1, -0.05) is 6.07 Å². The smallest absolute Gasteiger partial charge is 0.204 e. The van der Waals surface area contributed by atoms with Crippen LogP contribution in [0, 0.1) is 52.4 Å². The second-order valence-electron chi connectivity index (χ2n) is 8.38.